The molecule has 0 aliphatic heterocycles. The number of ether oxygens (including phenoxy) is 2. The second kappa shape index (κ2) is 7.31. The van der Waals surface area contributed by atoms with Crippen LogP contribution in [-0.2, 0) is 11.4 Å². The zero-order valence-electron chi connectivity index (χ0n) is 12.6. The van der Waals surface area contributed by atoms with Gasteiger partial charge in [-0.1, -0.05) is 35.9 Å². The Balaban J connectivity index is 2.12. The number of methoxy groups -OCH3 is 1. The van der Waals surface area contributed by atoms with Crippen molar-refractivity contribution in [3.05, 3.63) is 65.2 Å². The summed E-state index contributed by atoms with van der Waals surface area (Å²) in [5.74, 6) is 0.204. The number of carboxylic acid groups (broad SMARTS) is 1. The fourth-order valence-corrected chi connectivity index (χ4v) is 2.04. The van der Waals surface area contributed by atoms with Crippen LogP contribution in [0.25, 0.3) is 6.08 Å². The zero-order chi connectivity index (χ0) is 15.9. The minimum absolute atomic E-state index is 0.447. The monoisotopic (exact) mass is 298 g/mol. The lowest BCUT2D eigenvalue weighted by Crippen LogP contribution is -1.98. The van der Waals surface area contributed by atoms with Crippen LogP contribution in [0.3, 0.4) is 0 Å². The van der Waals surface area contributed by atoms with Crippen molar-refractivity contribution in [1.29, 1.82) is 0 Å². The highest BCUT2D eigenvalue weighted by molar-refractivity contribution is 5.85. The molecule has 4 heteroatoms. The summed E-state index contributed by atoms with van der Waals surface area (Å²) in [6.07, 6.45) is 2.59. The molecule has 1 N–H and O–H groups in total. The number of hydrogen-bond acceptors (Lipinski definition) is 3. The largest absolute Gasteiger partial charge is 0.493 e. The van der Waals surface area contributed by atoms with Crippen molar-refractivity contribution >= 4 is 12.0 Å². The van der Waals surface area contributed by atoms with Crippen LogP contribution in [0.15, 0.2) is 48.5 Å². The number of aliphatic carboxylic acids is 1. The molecule has 0 atom stereocenters. The van der Waals surface area contributed by atoms with Gasteiger partial charge in [0.05, 0.1) is 7.11 Å². The molecule has 2 rings (SSSR count). The van der Waals surface area contributed by atoms with E-state index in [9.17, 15) is 4.79 Å². The lowest BCUT2D eigenvalue weighted by molar-refractivity contribution is -0.131. The van der Waals surface area contributed by atoms with Gasteiger partial charge in [0, 0.05) is 6.08 Å². The Bertz CT molecular complexity index is 689. The second-order valence-corrected chi connectivity index (χ2v) is 4.86. The quantitative estimate of drug-likeness (QED) is 0.827. The Morgan fingerprint density at radius 1 is 1.18 bits per heavy atom. The van der Waals surface area contributed by atoms with Crippen molar-refractivity contribution in [3.8, 4) is 11.5 Å². The van der Waals surface area contributed by atoms with Gasteiger partial charge in [0.1, 0.15) is 6.61 Å². The molecule has 0 amide bonds. The van der Waals surface area contributed by atoms with E-state index in [4.69, 9.17) is 14.6 Å². The molecule has 2 aromatic carbocycles. The molecule has 0 saturated heterocycles. The third-order valence-corrected chi connectivity index (χ3v) is 3.08. The first-order valence-corrected chi connectivity index (χ1v) is 6.86. The predicted octanol–water partition coefficient (Wildman–Crippen LogP) is 3.68. The van der Waals surface area contributed by atoms with Crippen molar-refractivity contribution < 1.29 is 19.4 Å². The van der Waals surface area contributed by atoms with Crippen molar-refractivity contribution in [2.45, 2.75) is 13.5 Å². The standard InChI is InChI=1S/C18H18O4/c1-13-4-3-5-15(10-13)12-22-16-8-6-14(7-9-18(19)20)11-17(16)21-2/h3-11H,12H2,1-2H3,(H,19,20)/b9-7+. The van der Waals surface area contributed by atoms with E-state index in [1.807, 2.05) is 25.1 Å². The van der Waals surface area contributed by atoms with Crippen LogP contribution in [-0.4, -0.2) is 18.2 Å². The van der Waals surface area contributed by atoms with E-state index >= 15 is 0 Å². The van der Waals surface area contributed by atoms with Gasteiger partial charge in [-0.25, -0.2) is 4.79 Å². The van der Waals surface area contributed by atoms with Crippen LogP contribution in [0.4, 0.5) is 0 Å². The van der Waals surface area contributed by atoms with Gasteiger partial charge in [-0.15, -0.1) is 0 Å². The minimum Gasteiger partial charge on any atom is -0.493 e. The van der Waals surface area contributed by atoms with Crippen LogP contribution in [0.2, 0.25) is 0 Å². The molecular formula is C18H18O4. The van der Waals surface area contributed by atoms with Crippen molar-refractivity contribution in [2.75, 3.05) is 7.11 Å². The lowest BCUT2D eigenvalue weighted by Gasteiger charge is -2.11. The average molecular weight is 298 g/mol. The SMILES string of the molecule is COc1cc(/C=C/C(=O)O)ccc1OCc1cccc(C)c1. The smallest absolute Gasteiger partial charge is 0.328 e. The van der Waals surface area contributed by atoms with Crippen LogP contribution < -0.4 is 9.47 Å². The molecule has 0 spiro atoms. The number of benzene rings is 2. The predicted molar refractivity (Wildman–Crippen MR) is 85.2 cm³/mol. The Hall–Kier alpha value is -2.75. The Morgan fingerprint density at radius 2 is 2.00 bits per heavy atom. The Labute approximate surface area is 129 Å². The highest BCUT2D eigenvalue weighted by Gasteiger charge is 2.05. The van der Waals surface area contributed by atoms with Crippen LogP contribution in [0, 0.1) is 6.92 Å². The van der Waals surface area contributed by atoms with E-state index in [1.165, 1.54) is 11.6 Å². The number of aryl methyl sites for hydroxylation is 1. The van der Waals surface area contributed by atoms with Crippen LogP contribution >= 0.6 is 0 Å². The normalized spacial score (nSPS) is 10.6. The van der Waals surface area contributed by atoms with Gasteiger partial charge in [0.15, 0.2) is 11.5 Å². The molecule has 0 heterocycles. The maximum absolute atomic E-state index is 10.5. The summed E-state index contributed by atoms with van der Waals surface area (Å²) in [6, 6.07) is 13.4. The summed E-state index contributed by atoms with van der Waals surface area (Å²) in [7, 11) is 1.56. The topological polar surface area (TPSA) is 55.8 Å². The lowest BCUT2D eigenvalue weighted by atomic mass is 10.1. The summed E-state index contributed by atoms with van der Waals surface area (Å²) in [4.78, 5) is 10.5. The summed E-state index contributed by atoms with van der Waals surface area (Å²) in [5, 5.41) is 8.65. The maximum Gasteiger partial charge on any atom is 0.328 e. The van der Waals surface area contributed by atoms with E-state index < -0.39 is 5.97 Å². The summed E-state index contributed by atoms with van der Waals surface area (Å²) >= 11 is 0. The first-order chi connectivity index (χ1) is 10.6. The van der Waals surface area contributed by atoms with Gasteiger partial charge in [-0.2, -0.15) is 0 Å². The van der Waals surface area contributed by atoms with Crippen molar-refractivity contribution in [2.24, 2.45) is 0 Å². The molecule has 0 aliphatic rings. The molecule has 0 unspecified atom stereocenters. The maximum atomic E-state index is 10.5. The van der Waals surface area contributed by atoms with Gasteiger partial charge in [0.2, 0.25) is 0 Å². The fraction of sp³-hybridized carbons (Fsp3) is 0.167. The number of carbonyl (C=O) groups is 1. The first-order valence-electron chi connectivity index (χ1n) is 6.86. The molecular weight excluding hydrogens is 280 g/mol. The van der Waals surface area contributed by atoms with Gasteiger partial charge >= 0.3 is 5.97 Å². The molecule has 4 nitrogen and oxygen atoms in total. The van der Waals surface area contributed by atoms with E-state index in [0.29, 0.717) is 18.1 Å². The van der Waals surface area contributed by atoms with Gasteiger partial charge in [0.25, 0.3) is 0 Å². The molecule has 22 heavy (non-hydrogen) atoms. The number of hydrogen-bond donors (Lipinski definition) is 1. The minimum atomic E-state index is -0.987. The van der Waals surface area contributed by atoms with Crippen molar-refractivity contribution in [3.63, 3.8) is 0 Å². The zero-order valence-corrected chi connectivity index (χ0v) is 12.6. The van der Waals surface area contributed by atoms with Crippen LogP contribution in [0.1, 0.15) is 16.7 Å². The number of rotatable bonds is 6. The molecule has 0 fully saturated rings. The molecule has 2 aromatic rings. The van der Waals surface area contributed by atoms with Crippen LogP contribution in [0.5, 0.6) is 11.5 Å². The summed E-state index contributed by atoms with van der Waals surface area (Å²) < 4.78 is 11.1. The average Bonchev–Trinajstić information content (AvgIpc) is 2.51. The molecule has 0 radical (unpaired) electrons. The molecule has 114 valence electrons. The molecule has 0 aromatic heterocycles. The Kier molecular flexibility index (Phi) is 5.20. The van der Waals surface area contributed by atoms with Gasteiger partial charge in [-0.05, 0) is 36.3 Å². The van der Waals surface area contributed by atoms with Gasteiger partial charge < -0.3 is 14.6 Å². The third-order valence-electron chi connectivity index (χ3n) is 3.08. The summed E-state index contributed by atoms with van der Waals surface area (Å²) in [5.41, 5.74) is 3.00. The van der Waals surface area contributed by atoms with E-state index in [2.05, 4.69) is 6.07 Å². The Morgan fingerprint density at radius 3 is 2.68 bits per heavy atom. The van der Waals surface area contributed by atoms with E-state index in [1.54, 1.807) is 25.3 Å². The molecule has 0 aliphatic carbocycles. The molecule has 0 bridgehead atoms. The highest BCUT2D eigenvalue weighted by atomic mass is 16.5. The van der Waals surface area contributed by atoms with E-state index in [0.717, 1.165) is 17.2 Å². The van der Waals surface area contributed by atoms with E-state index in [-0.39, 0.29) is 0 Å². The third kappa shape index (κ3) is 4.38. The van der Waals surface area contributed by atoms with Gasteiger partial charge in [-0.3, -0.25) is 0 Å². The fourth-order valence-electron chi connectivity index (χ4n) is 2.04. The number of carboxylic acids is 1. The summed E-state index contributed by atoms with van der Waals surface area (Å²) in [6.45, 7) is 2.48. The highest BCUT2D eigenvalue weighted by Crippen LogP contribution is 2.29. The second-order valence-electron chi connectivity index (χ2n) is 4.86. The van der Waals surface area contributed by atoms with Crippen molar-refractivity contribution in [1.82, 2.24) is 0 Å². The first kappa shape index (κ1) is 15.6. The molecule has 0 saturated carbocycles.